The number of nitrogens with one attached hydrogen (secondary N) is 2. The normalized spacial score (nSPS) is 15.2. The smallest absolute Gasteiger partial charge is 0.255 e. The van der Waals surface area contributed by atoms with Crippen LogP contribution in [0.4, 0.5) is 11.6 Å². The molecule has 0 aliphatic carbocycles. The number of hydrogen-bond acceptors (Lipinski definition) is 7. The Morgan fingerprint density at radius 3 is 2.67 bits per heavy atom. The van der Waals surface area contributed by atoms with Gasteiger partial charge in [0.25, 0.3) is 5.91 Å². The van der Waals surface area contributed by atoms with E-state index in [-0.39, 0.29) is 5.56 Å². The summed E-state index contributed by atoms with van der Waals surface area (Å²) in [6, 6.07) is 12.6. The lowest BCUT2D eigenvalue weighted by Crippen LogP contribution is -2.33. The van der Waals surface area contributed by atoms with Gasteiger partial charge in [0.2, 0.25) is 5.95 Å². The van der Waals surface area contributed by atoms with Crippen LogP contribution < -0.4 is 20.5 Å². The second-order valence-electron chi connectivity index (χ2n) is 6.62. The summed E-state index contributed by atoms with van der Waals surface area (Å²) in [5.41, 5.74) is 1.66. The zero-order chi connectivity index (χ0) is 21.3. The molecule has 2 aromatic carbocycles. The van der Waals surface area contributed by atoms with Crippen LogP contribution in [-0.2, 0) is 4.79 Å². The lowest BCUT2D eigenvalue weighted by Gasteiger charge is -2.30. The van der Waals surface area contributed by atoms with Gasteiger partial charge in [0.15, 0.2) is 0 Å². The van der Waals surface area contributed by atoms with Crippen LogP contribution in [-0.4, -0.2) is 33.8 Å². The predicted octanol–water partition coefficient (Wildman–Crippen LogP) is 1.58. The van der Waals surface area contributed by atoms with Gasteiger partial charge < -0.3 is 25.3 Å². The summed E-state index contributed by atoms with van der Waals surface area (Å²) in [5.74, 6) is -0.864. The molecule has 1 atom stereocenters. The zero-order valence-corrected chi connectivity index (χ0v) is 16.2. The highest BCUT2D eigenvalue weighted by molar-refractivity contribution is 6.07. The topological polar surface area (TPSA) is 121 Å². The number of anilines is 2. The van der Waals surface area contributed by atoms with E-state index in [9.17, 15) is 14.7 Å². The lowest BCUT2D eigenvalue weighted by molar-refractivity contribution is -0.255. The minimum absolute atomic E-state index is 0.0266. The number of hydrogen-bond donors (Lipinski definition) is 2. The Bertz CT molecular complexity index is 1170. The van der Waals surface area contributed by atoms with Gasteiger partial charge >= 0.3 is 0 Å². The largest absolute Gasteiger partial charge is 0.545 e. The number of rotatable bonds is 5. The Labute approximate surface area is 172 Å². The van der Waals surface area contributed by atoms with Gasteiger partial charge in [0.05, 0.1) is 24.3 Å². The molecule has 0 bridgehead atoms. The number of methoxy groups -OCH3 is 1. The number of amides is 1. The molecule has 1 aliphatic rings. The van der Waals surface area contributed by atoms with Crippen LogP contribution in [0, 0.1) is 0 Å². The van der Waals surface area contributed by atoms with E-state index >= 15 is 0 Å². The van der Waals surface area contributed by atoms with Crippen LogP contribution >= 0.6 is 0 Å². The van der Waals surface area contributed by atoms with Crippen LogP contribution in [0.3, 0.4) is 0 Å². The molecule has 1 amide bonds. The molecular weight excluding hydrogens is 386 g/mol. The van der Waals surface area contributed by atoms with Gasteiger partial charge in [0, 0.05) is 11.3 Å². The maximum Gasteiger partial charge on any atom is 0.255 e. The van der Waals surface area contributed by atoms with Crippen molar-refractivity contribution < 1.29 is 19.4 Å². The molecule has 0 saturated carbocycles. The van der Waals surface area contributed by atoms with Crippen molar-refractivity contribution in [2.24, 2.45) is 0 Å². The number of carbonyl (C=O) groups excluding carboxylic acids is 2. The third-order valence-electron chi connectivity index (χ3n) is 4.87. The Morgan fingerprint density at radius 2 is 1.90 bits per heavy atom. The molecule has 0 fully saturated rings. The standard InChI is InChI=1S/C21H19N5O4/c1-12-17(19(27)25-15-9-5-6-10-16(15)30-2)18(26-21(24-12)22-11-23-26)13-7-3-4-8-14(13)20(28)29/h3-11,18H,1-2H3,(H,25,27)(H,28,29)(H,22,23,24)/p-1/t18-/m0/s1. The summed E-state index contributed by atoms with van der Waals surface area (Å²) < 4.78 is 6.78. The molecule has 1 aromatic heterocycles. The maximum absolute atomic E-state index is 13.4. The average molecular weight is 404 g/mol. The van der Waals surface area contributed by atoms with Crippen molar-refractivity contribution in [2.45, 2.75) is 13.0 Å². The highest BCUT2D eigenvalue weighted by Crippen LogP contribution is 2.37. The number of fused-ring (bicyclic) bond motifs is 1. The van der Waals surface area contributed by atoms with Crippen molar-refractivity contribution in [2.75, 3.05) is 17.7 Å². The number of carboxylic acids is 1. The van der Waals surface area contributed by atoms with Gasteiger partial charge in [-0.25, -0.2) is 4.68 Å². The monoisotopic (exact) mass is 404 g/mol. The van der Waals surface area contributed by atoms with Crippen molar-refractivity contribution >= 4 is 23.5 Å². The molecule has 1 aliphatic heterocycles. The van der Waals surface area contributed by atoms with Gasteiger partial charge in [-0.15, -0.1) is 0 Å². The summed E-state index contributed by atoms with van der Waals surface area (Å²) in [7, 11) is 1.51. The van der Waals surface area contributed by atoms with Crippen molar-refractivity contribution in [1.29, 1.82) is 0 Å². The molecule has 9 nitrogen and oxygen atoms in total. The minimum Gasteiger partial charge on any atom is -0.545 e. The lowest BCUT2D eigenvalue weighted by atomic mass is 9.91. The SMILES string of the molecule is COc1ccccc1NC(=O)C1=C(C)Nc2ncnn2[C@H]1c1ccccc1C(=O)[O-]. The van der Waals surface area contributed by atoms with E-state index in [2.05, 4.69) is 20.7 Å². The van der Waals surface area contributed by atoms with Crippen molar-refractivity contribution in [3.8, 4) is 5.75 Å². The van der Waals surface area contributed by atoms with Crippen LogP contribution in [0.15, 0.2) is 66.1 Å². The van der Waals surface area contributed by atoms with E-state index in [1.165, 1.54) is 24.2 Å². The van der Waals surface area contributed by atoms with E-state index in [4.69, 9.17) is 4.74 Å². The summed E-state index contributed by atoms with van der Waals surface area (Å²) in [6.07, 6.45) is 1.34. The summed E-state index contributed by atoms with van der Waals surface area (Å²) in [6.45, 7) is 1.73. The fraction of sp³-hybridized carbons (Fsp3) is 0.143. The molecular formula is C21H18N5O4-. The zero-order valence-electron chi connectivity index (χ0n) is 16.2. The van der Waals surface area contributed by atoms with Gasteiger partial charge in [-0.1, -0.05) is 36.4 Å². The van der Waals surface area contributed by atoms with Gasteiger partial charge in [-0.2, -0.15) is 10.1 Å². The number of carbonyl (C=O) groups is 2. The predicted molar refractivity (Wildman–Crippen MR) is 107 cm³/mol. The first-order valence-electron chi connectivity index (χ1n) is 9.13. The number of ether oxygens (including phenoxy) is 1. The van der Waals surface area contributed by atoms with Crippen LogP contribution in [0.5, 0.6) is 5.75 Å². The fourth-order valence-corrected chi connectivity index (χ4v) is 3.53. The number of carboxylic acid groups (broad SMARTS) is 1. The van der Waals surface area contributed by atoms with Crippen LogP contribution in [0.25, 0.3) is 0 Å². The Morgan fingerprint density at radius 1 is 1.17 bits per heavy atom. The highest BCUT2D eigenvalue weighted by atomic mass is 16.5. The first kappa shape index (κ1) is 19.2. The molecule has 0 spiro atoms. The number of para-hydroxylation sites is 2. The van der Waals surface area contributed by atoms with Crippen molar-refractivity contribution in [3.05, 3.63) is 77.3 Å². The fourth-order valence-electron chi connectivity index (χ4n) is 3.53. The molecule has 3 aromatic rings. The highest BCUT2D eigenvalue weighted by Gasteiger charge is 2.35. The third kappa shape index (κ3) is 3.26. The number of allylic oxidation sites excluding steroid dienone is 1. The molecule has 0 unspecified atom stereocenters. The first-order valence-corrected chi connectivity index (χ1v) is 9.13. The molecule has 9 heteroatoms. The number of benzene rings is 2. The van der Waals surface area contributed by atoms with E-state index in [0.29, 0.717) is 34.2 Å². The third-order valence-corrected chi connectivity index (χ3v) is 4.87. The maximum atomic E-state index is 13.4. The van der Waals surface area contributed by atoms with E-state index in [0.717, 1.165) is 0 Å². The molecule has 2 N–H and O–H groups in total. The quantitative estimate of drug-likeness (QED) is 0.662. The van der Waals surface area contributed by atoms with E-state index in [1.54, 1.807) is 49.4 Å². The van der Waals surface area contributed by atoms with E-state index < -0.39 is 17.9 Å². The second-order valence-corrected chi connectivity index (χ2v) is 6.62. The first-order chi connectivity index (χ1) is 14.5. The molecule has 152 valence electrons. The molecule has 30 heavy (non-hydrogen) atoms. The van der Waals surface area contributed by atoms with Gasteiger partial charge in [-0.05, 0) is 24.6 Å². The minimum atomic E-state index is -1.34. The number of aromatic nitrogens is 3. The summed E-state index contributed by atoms with van der Waals surface area (Å²) >= 11 is 0. The average Bonchev–Trinajstić information content (AvgIpc) is 3.21. The Kier molecular flexibility index (Phi) is 4.93. The van der Waals surface area contributed by atoms with E-state index in [1.807, 2.05) is 0 Å². The number of nitrogens with zero attached hydrogens (tertiary/aromatic N) is 3. The van der Waals surface area contributed by atoms with Gasteiger partial charge in [-0.3, -0.25) is 4.79 Å². The molecule has 2 heterocycles. The summed E-state index contributed by atoms with van der Waals surface area (Å²) in [4.78, 5) is 29.3. The number of aromatic carboxylic acids is 1. The summed E-state index contributed by atoms with van der Waals surface area (Å²) in [5, 5.41) is 21.8. The Hall–Kier alpha value is -4.14. The van der Waals surface area contributed by atoms with Crippen LogP contribution in [0.2, 0.25) is 0 Å². The van der Waals surface area contributed by atoms with Crippen LogP contribution in [0.1, 0.15) is 28.9 Å². The van der Waals surface area contributed by atoms with Gasteiger partial charge in [0.1, 0.15) is 18.1 Å². The second kappa shape index (κ2) is 7.70. The molecule has 4 rings (SSSR count). The molecule has 0 saturated heterocycles. The van der Waals surface area contributed by atoms with Crippen molar-refractivity contribution in [3.63, 3.8) is 0 Å². The Balaban J connectivity index is 1.83. The van der Waals surface area contributed by atoms with Crippen molar-refractivity contribution in [1.82, 2.24) is 14.8 Å². The molecule has 0 radical (unpaired) electrons.